The van der Waals surface area contributed by atoms with Crippen LogP contribution in [0.1, 0.15) is 30.5 Å². The molecule has 0 radical (unpaired) electrons. The Labute approximate surface area is 203 Å². The first kappa shape index (κ1) is 25.5. The molecule has 0 fully saturated rings. The van der Waals surface area contributed by atoms with E-state index in [0.717, 1.165) is 18.2 Å². The van der Waals surface area contributed by atoms with Gasteiger partial charge in [0, 0.05) is 41.3 Å². The lowest BCUT2D eigenvalue weighted by Crippen LogP contribution is -2.39. The molecule has 5 nitrogen and oxygen atoms in total. The smallest absolute Gasteiger partial charge is 0.362 e. The van der Waals surface area contributed by atoms with Crippen LogP contribution >= 0.6 is 0 Å². The van der Waals surface area contributed by atoms with Gasteiger partial charge < -0.3 is 16.0 Å². The number of nitrogens with zero attached hydrogens (tertiary/aromatic N) is 2. The van der Waals surface area contributed by atoms with Gasteiger partial charge in [-0.25, -0.2) is 4.99 Å². The number of benzene rings is 2. The molecule has 1 atom stereocenters. The Hall–Kier alpha value is -3.60. The van der Waals surface area contributed by atoms with E-state index in [4.69, 9.17) is 0 Å². The van der Waals surface area contributed by atoms with E-state index in [-0.39, 0.29) is 17.3 Å². The van der Waals surface area contributed by atoms with Crippen LogP contribution in [0.4, 0.5) is 37.7 Å². The fourth-order valence-corrected chi connectivity index (χ4v) is 3.74. The van der Waals surface area contributed by atoms with Gasteiger partial charge in [0.15, 0.2) is 0 Å². The Bertz CT molecular complexity index is 1250. The van der Waals surface area contributed by atoms with Gasteiger partial charge in [0.1, 0.15) is 12.0 Å². The maximum absolute atomic E-state index is 13.6. The third-order valence-corrected chi connectivity index (χ3v) is 5.46. The lowest BCUT2D eigenvalue weighted by atomic mass is 10.0. The molecule has 0 bridgehead atoms. The standard InChI is InChI=1S/C25H23F6N5/c1-14(2)33-13-21-35-20-12-15(22-19(25(29,30)31)4-3-11-32-22)5-10-18(20)23(36-21)34-17-8-6-16(7-9-17)24(26,27)28/h3-12,14,21,33,35H,13H2,1-2H3,(H,34,36). The number of rotatable bonds is 5. The maximum Gasteiger partial charge on any atom is 0.418 e. The predicted molar refractivity (Wildman–Crippen MR) is 127 cm³/mol. The Kier molecular flexibility index (Phi) is 6.94. The van der Waals surface area contributed by atoms with Crippen molar-refractivity contribution in [3.63, 3.8) is 0 Å². The molecule has 3 N–H and O–H groups in total. The molecular formula is C25H23F6N5. The lowest BCUT2D eigenvalue weighted by molar-refractivity contribution is -0.138. The third kappa shape index (κ3) is 5.78. The minimum Gasteiger partial charge on any atom is -0.362 e. The van der Waals surface area contributed by atoms with E-state index in [1.807, 2.05) is 13.8 Å². The average Bonchev–Trinajstić information content (AvgIpc) is 2.81. The zero-order valence-corrected chi connectivity index (χ0v) is 19.3. The van der Waals surface area contributed by atoms with Gasteiger partial charge in [0.2, 0.25) is 0 Å². The van der Waals surface area contributed by atoms with E-state index in [0.29, 0.717) is 29.3 Å². The molecule has 0 saturated carbocycles. The van der Waals surface area contributed by atoms with Gasteiger partial charge in [-0.2, -0.15) is 26.3 Å². The van der Waals surface area contributed by atoms with Crippen molar-refractivity contribution in [3.8, 4) is 11.3 Å². The third-order valence-electron chi connectivity index (χ3n) is 5.46. The van der Waals surface area contributed by atoms with Crippen LogP contribution in [0.3, 0.4) is 0 Å². The summed E-state index contributed by atoms with van der Waals surface area (Å²) in [6, 6.07) is 11.6. The van der Waals surface area contributed by atoms with Gasteiger partial charge in [-0.3, -0.25) is 4.98 Å². The predicted octanol–water partition coefficient (Wildman–Crippen LogP) is 6.39. The molecule has 11 heteroatoms. The zero-order valence-electron chi connectivity index (χ0n) is 19.3. The number of hydrogen-bond donors (Lipinski definition) is 3. The molecule has 0 aliphatic carbocycles. The number of amidine groups is 1. The molecule has 4 rings (SSSR count). The summed E-state index contributed by atoms with van der Waals surface area (Å²) in [6.45, 7) is 4.33. The number of alkyl halides is 6. The molecular weight excluding hydrogens is 484 g/mol. The van der Waals surface area contributed by atoms with E-state index < -0.39 is 29.6 Å². The summed E-state index contributed by atoms with van der Waals surface area (Å²) < 4.78 is 79.4. The Morgan fingerprint density at radius 1 is 0.944 bits per heavy atom. The highest BCUT2D eigenvalue weighted by atomic mass is 19.4. The van der Waals surface area contributed by atoms with Crippen molar-refractivity contribution in [2.75, 3.05) is 17.2 Å². The monoisotopic (exact) mass is 507 g/mol. The van der Waals surface area contributed by atoms with Crippen LogP contribution in [-0.2, 0) is 12.4 Å². The fourth-order valence-electron chi connectivity index (χ4n) is 3.74. The average molecular weight is 507 g/mol. The van der Waals surface area contributed by atoms with Crippen LogP contribution < -0.4 is 16.0 Å². The van der Waals surface area contributed by atoms with Crippen molar-refractivity contribution < 1.29 is 26.3 Å². The van der Waals surface area contributed by atoms with Gasteiger partial charge in [-0.15, -0.1) is 0 Å². The van der Waals surface area contributed by atoms with E-state index >= 15 is 0 Å². The highest BCUT2D eigenvalue weighted by Crippen LogP contribution is 2.37. The molecule has 2 heterocycles. The quantitative estimate of drug-likeness (QED) is 0.350. The molecule has 1 aromatic heterocycles. The summed E-state index contributed by atoms with van der Waals surface area (Å²) in [7, 11) is 0. The summed E-state index contributed by atoms with van der Waals surface area (Å²) in [4.78, 5) is 8.59. The number of nitrogens with one attached hydrogen (secondary N) is 3. The van der Waals surface area contributed by atoms with Crippen LogP contribution in [0.5, 0.6) is 0 Å². The highest BCUT2D eigenvalue weighted by molar-refractivity contribution is 6.13. The minimum absolute atomic E-state index is 0.156. The largest absolute Gasteiger partial charge is 0.418 e. The number of anilines is 2. The zero-order chi connectivity index (χ0) is 26.1. The van der Waals surface area contributed by atoms with E-state index in [1.54, 1.807) is 12.1 Å². The number of fused-ring (bicyclic) bond motifs is 1. The first-order valence-corrected chi connectivity index (χ1v) is 11.1. The molecule has 190 valence electrons. The van der Waals surface area contributed by atoms with Crippen molar-refractivity contribution in [1.82, 2.24) is 10.3 Å². The van der Waals surface area contributed by atoms with Crippen molar-refractivity contribution in [3.05, 3.63) is 77.5 Å². The van der Waals surface area contributed by atoms with Gasteiger partial charge in [-0.05, 0) is 48.5 Å². The minimum atomic E-state index is -4.58. The van der Waals surface area contributed by atoms with Crippen LogP contribution in [0.2, 0.25) is 0 Å². The van der Waals surface area contributed by atoms with Crippen LogP contribution in [0, 0.1) is 0 Å². The van der Waals surface area contributed by atoms with Crippen LogP contribution in [0.25, 0.3) is 11.3 Å². The van der Waals surface area contributed by atoms with E-state index in [1.165, 1.54) is 30.5 Å². The summed E-state index contributed by atoms with van der Waals surface area (Å²) in [5, 5.41) is 9.51. The molecule has 36 heavy (non-hydrogen) atoms. The molecule has 0 spiro atoms. The van der Waals surface area contributed by atoms with Crippen LogP contribution in [-0.4, -0.2) is 29.6 Å². The summed E-state index contributed by atoms with van der Waals surface area (Å²) >= 11 is 0. The second-order valence-electron chi connectivity index (χ2n) is 8.56. The SMILES string of the molecule is CC(C)NCC1N=C(Nc2ccc(C(F)(F)F)cc2)c2ccc(-c3ncccc3C(F)(F)F)cc2N1. The van der Waals surface area contributed by atoms with Crippen LogP contribution in [0.15, 0.2) is 65.8 Å². The second kappa shape index (κ2) is 9.81. The molecule has 1 aliphatic heterocycles. The normalized spacial score (nSPS) is 15.8. The van der Waals surface area contributed by atoms with Gasteiger partial charge >= 0.3 is 12.4 Å². The molecule has 1 unspecified atom stereocenters. The number of pyridine rings is 1. The second-order valence-corrected chi connectivity index (χ2v) is 8.56. The Morgan fingerprint density at radius 3 is 2.31 bits per heavy atom. The lowest BCUT2D eigenvalue weighted by Gasteiger charge is -2.27. The Balaban J connectivity index is 1.70. The first-order valence-electron chi connectivity index (χ1n) is 11.1. The number of aromatic nitrogens is 1. The number of halogens is 6. The van der Waals surface area contributed by atoms with Gasteiger partial charge in [0.25, 0.3) is 0 Å². The van der Waals surface area contributed by atoms with Gasteiger partial charge in [-0.1, -0.05) is 19.9 Å². The Morgan fingerprint density at radius 2 is 1.67 bits per heavy atom. The highest BCUT2D eigenvalue weighted by Gasteiger charge is 2.35. The summed E-state index contributed by atoms with van der Waals surface area (Å²) in [6.07, 6.45) is -8.21. The van der Waals surface area contributed by atoms with Crippen molar-refractivity contribution in [2.24, 2.45) is 4.99 Å². The molecule has 3 aromatic rings. The van der Waals surface area contributed by atoms with Crippen molar-refractivity contribution in [1.29, 1.82) is 0 Å². The van der Waals surface area contributed by atoms with Gasteiger partial charge in [0.05, 0.1) is 16.8 Å². The summed E-state index contributed by atoms with van der Waals surface area (Å²) in [5.74, 6) is 0.377. The van der Waals surface area contributed by atoms with E-state index in [9.17, 15) is 26.3 Å². The van der Waals surface area contributed by atoms with E-state index in [2.05, 4.69) is 25.9 Å². The number of aliphatic imine (C=N–C) groups is 1. The molecule has 1 aliphatic rings. The van der Waals surface area contributed by atoms with Crippen molar-refractivity contribution in [2.45, 2.75) is 38.4 Å². The van der Waals surface area contributed by atoms with Crippen molar-refractivity contribution >= 4 is 17.2 Å². The first-order chi connectivity index (χ1) is 16.9. The fraction of sp³-hybridized carbons (Fsp3) is 0.280. The molecule has 0 amide bonds. The maximum atomic E-state index is 13.6. The summed E-state index contributed by atoms with van der Waals surface area (Å²) in [5.41, 5.74) is -0.101. The number of hydrogen-bond acceptors (Lipinski definition) is 5. The topological polar surface area (TPSA) is 61.3 Å². The molecule has 0 saturated heterocycles. The molecule has 2 aromatic carbocycles.